The van der Waals surface area contributed by atoms with Crippen LogP contribution in [0, 0.1) is 0 Å². The highest BCUT2D eigenvalue weighted by atomic mass is 32.1. The summed E-state index contributed by atoms with van der Waals surface area (Å²) in [6, 6.07) is 74.4. The molecule has 0 saturated heterocycles. The summed E-state index contributed by atoms with van der Waals surface area (Å²) in [4.78, 5) is 10.4. The Balaban J connectivity index is 1.03. The Kier molecular flexibility index (Phi) is 7.61. The molecule has 0 N–H and O–H groups in total. The zero-order valence-corrected chi connectivity index (χ0v) is 31.2. The highest BCUT2D eigenvalue weighted by Gasteiger charge is 2.45. The highest BCUT2D eigenvalue weighted by Crippen LogP contribution is 2.56. The van der Waals surface area contributed by atoms with Gasteiger partial charge in [-0.2, -0.15) is 0 Å². The van der Waals surface area contributed by atoms with Gasteiger partial charge in [-0.25, -0.2) is 9.97 Å². The molecule has 0 unspecified atom stereocenters. The van der Waals surface area contributed by atoms with Crippen molar-refractivity contribution in [2.45, 2.75) is 5.41 Å². The van der Waals surface area contributed by atoms with Crippen molar-refractivity contribution in [1.29, 1.82) is 0 Å². The number of hydrogen-bond donors (Lipinski definition) is 0. The second-order valence-electron chi connectivity index (χ2n) is 14.5. The van der Waals surface area contributed by atoms with Gasteiger partial charge in [0, 0.05) is 36.9 Å². The zero-order valence-electron chi connectivity index (χ0n) is 30.4. The van der Waals surface area contributed by atoms with E-state index in [2.05, 4.69) is 188 Å². The summed E-state index contributed by atoms with van der Waals surface area (Å²) in [6.45, 7) is 0. The molecule has 2 heterocycles. The summed E-state index contributed by atoms with van der Waals surface area (Å²) in [6.07, 6.45) is 0. The number of hydrogen-bond acceptors (Lipinski definition) is 3. The van der Waals surface area contributed by atoms with Gasteiger partial charge in [0.15, 0.2) is 5.82 Å². The van der Waals surface area contributed by atoms with E-state index in [1.807, 2.05) is 29.5 Å². The van der Waals surface area contributed by atoms with Crippen molar-refractivity contribution < 1.29 is 0 Å². The van der Waals surface area contributed by atoms with Gasteiger partial charge in [-0.3, -0.25) is 0 Å². The number of nitrogens with zero attached hydrogens (tertiary/aromatic N) is 2. The lowest BCUT2D eigenvalue weighted by Gasteiger charge is -2.33. The number of benzene rings is 8. The predicted octanol–water partition coefficient (Wildman–Crippen LogP) is 13.9. The van der Waals surface area contributed by atoms with Gasteiger partial charge in [-0.1, -0.05) is 188 Å². The lowest BCUT2D eigenvalue weighted by Crippen LogP contribution is -2.28. The van der Waals surface area contributed by atoms with Gasteiger partial charge in [0.1, 0.15) is 0 Å². The molecule has 3 heteroatoms. The molecule has 0 aliphatic heterocycles. The van der Waals surface area contributed by atoms with Crippen molar-refractivity contribution in [3.05, 3.63) is 229 Å². The van der Waals surface area contributed by atoms with E-state index in [9.17, 15) is 0 Å². The van der Waals surface area contributed by atoms with Gasteiger partial charge in [0.05, 0.1) is 16.8 Å². The summed E-state index contributed by atoms with van der Waals surface area (Å²) in [5.41, 5.74) is 14.7. The molecular weight excluding hydrogens is 697 g/mol. The molecular formula is C53H34N2S. The fourth-order valence-corrected chi connectivity index (χ4v) is 10.1. The van der Waals surface area contributed by atoms with Crippen LogP contribution in [0.4, 0.5) is 0 Å². The van der Waals surface area contributed by atoms with Crippen LogP contribution in [0.25, 0.3) is 76.3 Å². The third-order valence-corrected chi connectivity index (χ3v) is 12.6. The molecule has 8 aromatic carbocycles. The first kappa shape index (κ1) is 32.5. The van der Waals surface area contributed by atoms with Gasteiger partial charge in [0.25, 0.3) is 0 Å². The molecule has 1 aliphatic rings. The molecule has 2 nitrogen and oxygen atoms in total. The van der Waals surface area contributed by atoms with Crippen LogP contribution in [-0.4, -0.2) is 9.97 Å². The second kappa shape index (κ2) is 13.1. The van der Waals surface area contributed by atoms with Gasteiger partial charge in [-0.05, 0) is 62.7 Å². The Labute approximate surface area is 330 Å². The maximum atomic E-state index is 5.19. The maximum Gasteiger partial charge on any atom is 0.160 e. The van der Waals surface area contributed by atoms with Crippen molar-refractivity contribution in [1.82, 2.24) is 9.97 Å². The normalized spacial score (nSPS) is 12.8. The molecule has 0 saturated carbocycles. The predicted molar refractivity (Wildman–Crippen MR) is 234 cm³/mol. The van der Waals surface area contributed by atoms with E-state index in [1.165, 1.54) is 64.7 Å². The van der Waals surface area contributed by atoms with Crippen LogP contribution >= 0.6 is 11.3 Å². The Hall–Kier alpha value is -6.94. The molecule has 0 radical (unpaired) electrons. The van der Waals surface area contributed by atoms with Gasteiger partial charge in [0.2, 0.25) is 0 Å². The van der Waals surface area contributed by atoms with Crippen LogP contribution in [0.3, 0.4) is 0 Å². The van der Waals surface area contributed by atoms with E-state index in [4.69, 9.17) is 9.97 Å². The fraction of sp³-hybridized carbons (Fsp3) is 0.0189. The van der Waals surface area contributed by atoms with Crippen molar-refractivity contribution in [3.63, 3.8) is 0 Å². The van der Waals surface area contributed by atoms with Gasteiger partial charge < -0.3 is 0 Å². The lowest BCUT2D eigenvalue weighted by atomic mass is 9.67. The van der Waals surface area contributed by atoms with E-state index < -0.39 is 5.41 Å². The van der Waals surface area contributed by atoms with E-state index in [-0.39, 0.29) is 0 Å². The van der Waals surface area contributed by atoms with Gasteiger partial charge >= 0.3 is 0 Å². The molecule has 11 rings (SSSR count). The first-order chi connectivity index (χ1) is 27.8. The van der Waals surface area contributed by atoms with Crippen molar-refractivity contribution in [2.75, 3.05) is 0 Å². The van der Waals surface area contributed by atoms with E-state index in [0.717, 1.165) is 33.9 Å². The molecule has 2 aromatic heterocycles. The first-order valence-electron chi connectivity index (χ1n) is 19.1. The smallest absolute Gasteiger partial charge is 0.160 e. The summed E-state index contributed by atoms with van der Waals surface area (Å²) >= 11 is 1.83. The third kappa shape index (κ3) is 5.09. The average molecular weight is 731 g/mol. The quantitative estimate of drug-likeness (QED) is 0.170. The zero-order chi connectivity index (χ0) is 37.1. The Morgan fingerprint density at radius 2 is 0.929 bits per heavy atom. The SMILES string of the molecule is c1ccc(-c2nc(-c3ccc(-c4ccc5c(c4)-c4ccccc4C5(c4ccccc4)c4ccccc4)cc3)cc(-c3cccc4c3sc3ccccc34)n2)cc1. The number of aromatic nitrogens is 2. The minimum Gasteiger partial charge on any atom is -0.228 e. The minimum absolute atomic E-state index is 0.405. The Bertz CT molecular complexity index is 3020. The monoisotopic (exact) mass is 730 g/mol. The molecule has 0 bridgehead atoms. The number of fused-ring (bicyclic) bond motifs is 6. The topological polar surface area (TPSA) is 25.8 Å². The summed E-state index contributed by atoms with van der Waals surface area (Å²) in [5.74, 6) is 0.720. The summed E-state index contributed by atoms with van der Waals surface area (Å²) < 4.78 is 2.53. The van der Waals surface area contributed by atoms with Crippen LogP contribution in [-0.2, 0) is 5.41 Å². The van der Waals surface area contributed by atoms with Crippen molar-refractivity contribution in [2.24, 2.45) is 0 Å². The molecule has 56 heavy (non-hydrogen) atoms. The fourth-order valence-electron chi connectivity index (χ4n) is 8.86. The lowest BCUT2D eigenvalue weighted by molar-refractivity contribution is 0.768. The standard InChI is InChI=1S/C53H34N2S/c1-4-15-37(16-5-1)52-54-48(34-49(55-52)44-24-14-23-43-42-22-11-13-26-50(42)56-51(43)44)36-29-27-35(28-30-36)38-31-32-47-45(33-38)41-21-10-12-25-46(41)53(47,39-17-6-2-7-18-39)40-19-8-3-9-20-40/h1-34H. The largest absolute Gasteiger partial charge is 0.228 e. The van der Waals surface area contributed by atoms with Crippen LogP contribution in [0.1, 0.15) is 22.3 Å². The van der Waals surface area contributed by atoms with Crippen LogP contribution in [0.15, 0.2) is 206 Å². The van der Waals surface area contributed by atoms with E-state index in [0.29, 0.717) is 0 Å². The second-order valence-corrected chi connectivity index (χ2v) is 15.5. The third-order valence-electron chi connectivity index (χ3n) is 11.4. The van der Waals surface area contributed by atoms with Crippen LogP contribution in [0.2, 0.25) is 0 Å². The average Bonchev–Trinajstić information content (AvgIpc) is 3.81. The van der Waals surface area contributed by atoms with Crippen LogP contribution < -0.4 is 0 Å². The maximum absolute atomic E-state index is 5.19. The molecule has 0 atom stereocenters. The van der Waals surface area contributed by atoms with Crippen molar-refractivity contribution in [3.8, 4) is 56.2 Å². The molecule has 1 aliphatic carbocycles. The Morgan fingerprint density at radius 3 is 1.70 bits per heavy atom. The molecule has 10 aromatic rings. The summed E-state index contributed by atoms with van der Waals surface area (Å²) in [7, 11) is 0. The first-order valence-corrected chi connectivity index (χ1v) is 19.9. The number of thiophene rings is 1. The van der Waals surface area contributed by atoms with Gasteiger partial charge in [-0.15, -0.1) is 11.3 Å². The van der Waals surface area contributed by atoms with E-state index >= 15 is 0 Å². The molecule has 262 valence electrons. The summed E-state index contributed by atoms with van der Waals surface area (Å²) in [5, 5.41) is 2.54. The molecule has 0 fully saturated rings. The molecule has 0 amide bonds. The number of rotatable bonds is 6. The minimum atomic E-state index is -0.405. The highest BCUT2D eigenvalue weighted by molar-refractivity contribution is 7.26. The van der Waals surface area contributed by atoms with Crippen molar-refractivity contribution >= 4 is 31.5 Å². The molecule has 0 spiro atoms. The van der Waals surface area contributed by atoms with E-state index in [1.54, 1.807) is 0 Å². The Morgan fingerprint density at radius 1 is 0.357 bits per heavy atom. The van der Waals surface area contributed by atoms with Crippen LogP contribution in [0.5, 0.6) is 0 Å².